The van der Waals surface area contributed by atoms with Gasteiger partial charge in [-0.25, -0.2) is 4.98 Å². The van der Waals surface area contributed by atoms with Crippen LogP contribution in [0.1, 0.15) is 36.5 Å². The van der Waals surface area contributed by atoms with E-state index in [1.807, 2.05) is 0 Å². The van der Waals surface area contributed by atoms with Gasteiger partial charge in [0.25, 0.3) is 0 Å². The predicted octanol–water partition coefficient (Wildman–Crippen LogP) is 5.89. The molecule has 0 spiro atoms. The largest absolute Gasteiger partial charge is 0.467 e. The van der Waals surface area contributed by atoms with Crippen LogP contribution in [0.2, 0.25) is 5.02 Å². The molecule has 0 saturated heterocycles. The Morgan fingerprint density at radius 1 is 1.03 bits per heavy atom. The summed E-state index contributed by atoms with van der Waals surface area (Å²) in [6.07, 6.45) is -4.45. The fourth-order valence-corrected chi connectivity index (χ4v) is 3.21. The van der Waals surface area contributed by atoms with Crippen LogP contribution in [0.3, 0.4) is 0 Å². The summed E-state index contributed by atoms with van der Waals surface area (Å²) in [4.78, 5) is 12.9. The lowest BCUT2D eigenvalue weighted by molar-refractivity contribution is -0.138. The summed E-state index contributed by atoms with van der Waals surface area (Å²) in [6.45, 7) is 3.70. The number of nitrogens with zero attached hydrogens (tertiary/aromatic N) is 3. The highest BCUT2D eigenvalue weighted by molar-refractivity contribution is 6.33. The van der Waals surface area contributed by atoms with E-state index in [4.69, 9.17) is 22.1 Å². The van der Waals surface area contributed by atoms with Crippen molar-refractivity contribution >= 4 is 24.0 Å². The molecule has 1 heterocycles. The molecule has 0 fully saturated rings. The van der Waals surface area contributed by atoms with Gasteiger partial charge in [0.15, 0.2) is 11.6 Å². The average Bonchev–Trinajstić information content (AvgIpc) is 2.72. The van der Waals surface area contributed by atoms with Gasteiger partial charge in [-0.2, -0.15) is 23.1 Å². The standard InChI is InChI=1S/C21H20ClF3N4O.ClH/c1-11(2)14-9-13(5-6-16(14)21(23,24)25)18-27-19(29-20(28-18)30-3)15-8-12(10-26)4-7-17(15)22;/h4-9,11H,10,26H2,1-3H3;1H. The number of nitrogens with two attached hydrogens (primary N) is 1. The third kappa shape index (κ3) is 5.44. The van der Waals surface area contributed by atoms with Gasteiger partial charge in [-0.1, -0.05) is 37.6 Å². The van der Waals surface area contributed by atoms with Crippen LogP contribution in [0.15, 0.2) is 36.4 Å². The summed E-state index contributed by atoms with van der Waals surface area (Å²) in [7, 11) is 1.40. The van der Waals surface area contributed by atoms with Crippen molar-refractivity contribution in [2.24, 2.45) is 5.73 Å². The van der Waals surface area contributed by atoms with Crippen molar-refractivity contribution in [3.05, 3.63) is 58.1 Å². The van der Waals surface area contributed by atoms with Gasteiger partial charge in [-0.3, -0.25) is 0 Å². The lowest BCUT2D eigenvalue weighted by atomic mass is 9.94. The molecule has 10 heteroatoms. The fourth-order valence-electron chi connectivity index (χ4n) is 3.01. The van der Waals surface area contributed by atoms with Crippen LogP contribution in [0.5, 0.6) is 6.01 Å². The summed E-state index contributed by atoms with van der Waals surface area (Å²) < 4.78 is 45.3. The Balaban J connectivity index is 0.00000341. The van der Waals surface area contributed by atoms with E-state index in [0.29, 0.717) is 22.7 Å². The van der Waals surface area contributed by atoms with E-state index in [2.05, 4.69) is 15.0 Å². The molecule has 31 heavy (non-hydrogen) atoms. The van der Waals surface area contributed by atoms with Gasteiger partial charge in [0.1, 0.15) is 0 Å². The zero-order chi connectivity index (χ0) is 22.1. The van der Waals surface area contributed by atoms with E-state index in [0.717, 1.165) is 11.6 Å². The summed E-state index contributed by atoms with van der Waals surface area (Å²) in [5.41, 5.74) is 6.95. The Kier molecular flexibility index (Phi) is 7.86. The molecule has 0 aliphatic carbocycles. The molecule has 3 rings (SSSR count). The molecular weight excluding hydrogens is 452 g/mol. The molecular formula is C21H21Cl2F3N4O. The number of aromatic nitrogens is 3. The van der Waals surface area contributed by atoms with Crippen LogP contribution in [-0.2, 0) is 12.7 Å². The van der Waals surface area contributed by atoms with Gasteiger partial charge in [-0.15, -0.1) is 12.4 Å². The Morgan fingerprint density at radius 2 is 1.71 bits per heavy atom. The van der Waals surface area contributed by atoms with Crippen LogP contribution in [0, 0.1) is 0 Å². The molecule has 2 N–H and O–H groups in total. The van der Waals surface area contributed by atoms with Crippen molar-refractivity contribution in [1.29, 1.82) is 0 Å². The molecule has 0 saturated carbocycles. The van der Waals surface area contributed by atoms with Crippen LogP contribution in [-0.4, -0.2) is 22.1 Å². The van der Waals surface area contributed by atoms with E-state index in [-0.39, 0.29) is 41.5 Å². The number of halogens is 5. The number of methoxy groups -OCH3 is 1. The first-order chi connectivity index (χ1) is 14.1. The van der Waals surface area contributed by atoms with E-state index < -0.39 is 11.7 Å². The second-order valence-electron chi connectivity index (χ2n) is 6.94. The number of rotatable bonds is 5. The molecule has 0 aliphatic heterocycles. The highest BCUT2D eigenvalue weighted by atomic mass is 35.5. The normalized spacial score (nSPS) is 11.4. The Morgan fingerprint density at radius 3 is 2.29 bits per heavy atom. The molecule has 0 unspecified atom stereocenters. The van der Waals surface area contributed by atoms with Crippen molar-refractivity contribution in [3.63, 3.8) is 0 Å². The van der Waals surface area contributed by atoms with E-state index >= 15 is 0 Å². The Labute approximate surface area is 189 Å². The van der Waals surface area contributed by atoms with Crippen LogP contribution in [0.4, 0.5) is 13.2 Å². The highest BCUT2D eigenvalue weighted by Gasteiger charge is 2.34. The second-order valence-corrected chi connectivity index (χ2v) is 7.35. The fraction of sp³-hybridized carbons (Fsp3) is 0.286. The van der Waals surface area contributed by atoms with Crippen LogP contribution >= 0.6 is 24.0 Å². The summed E-state index contributed by atoms with van der Waals surface area (Å²) >= 11 is 6.31. The van der Waals surface area contributed by atoms with Gasteiger partial charge >= 0.3 is 12.2 Å². The zero-order valence-electron chi connectivity index (χ0n) is 17.0. The molecule has 0 amide bonds. The molecule has 166 valence electrons. The lowest BCUT2D eigenvalue weighted by Gasteiger charge is -2.17. The summed E-state index contributed by atoms with van der Waals surface area (Å²) in [5, 5.41) is 0.404. The highest BCUT2D eigenvalue weighted by Crippen LogP contribution is 2.37. The van der Waals surface area contributed by atoms with Crippen LogP contribution in [0.25, 0.3) is 22.8 Å². The topological polar surface area (TPSA) is 73.9 Å². The predicted molar refractivity (Wildman–Crippen MR) is 116 cm³/mol. The van der Waals surface area contributed by atoms with Gasteiger partial charge in [0.2, 0.25) is 0 Å². The number of hydrogen-bond acceptors (Lipinski definition) is 5. The van der Waals surface area contributed by atoms with Gasteiger partial charge in [0.05, 0.1) is 17.7 Å². The molecule has 1 aromatic heterocycles. The van der Waals surface area contributed by atoms with Crippen molar-refractivity contribution in [3.8, 4) is 28.8 Å². The first-order valence-corrected chi connectivity index (χ1v) is 9.52. The molecule has 0 bridgehead atoms. The molecule has 0 radical (unpaired) electrons. The summed E-state index contributed by atoms with van der Waals surface area (Å²) in [6, 6.07) is 9.08. The molecule has 0 aliphatic rings. The van der Waals surface area contributed by atoms with E-state index in [1.54, 1.807) is 32.0 Å². The third-order valence-corrected chi connectivity index (χ3v) is 4.87. The maximum atomic E-state index is 13.4. The summed E-state index contributed by atoms with van der Waals surface area (Å²) in [5.74, 6) is 0.0743. The minimum absolute atomic E-state index is 0. The number of ether oxygens (including phenoxy) is 1. The van der Waals surface area contributed by atoms with E-state index in [1.165, 1.54) is 19.2 Å². The van der Waals surface area contributed by atoms with Crippen molar-refractivity contribution < 1.29 is 17.9 Å². The number of alkyl halides is 3. The average molecular weight is 473 g/mol. The first kappa shape index (κ1) is 24.8. The Hall–Kier alpha value is -2.42. The maximum Gasteiger partial charge on any atom is 0.416 e. The monoisotopic (exact) mass is 472 g/mol. The number of hydrogen-bond donors (Lipinski definition) is 1. The van der Waals surface area contributed by atoms with Gasteiger partial charge in [0, 0.05) is 17.7 Å². The van der Waals surface area contributed by atoms with Crippen molar-refractivity contribution in [2.75, 3.05) is 7.11 Å². The lowest BCUT2D eigenvalue weighted by Crippen LogP contribution is -2.10. The SMILES string of the molecule is COc1nc(-c2ccc(C(F)(F)F)c(C(C)C)c2)nc(-c2cc(CN)ccc2Cl)n1.Cl. The van der Waals surface area contributed by atoms with Crippen LogP contribution < -0.4 is 10.5 Å². The zero-order valence-corrected chi connectivity index (χ0v) is 18.6. The maximum absolute atomic E-state index is 13.4. The van der Waals surface area contributed by atoms with E-state index in [9.17, 15) is 13.2 Å². The molecule has 0 atom stereocenters. The Bertz CT molecular complexity index is 1070. The molecule has 2 aromatic carbocycles. The second kappa shape index (κ2) is 9.80. The van der Waals surface area contributed by atoms with Gasteiger partial charge in [-0.05, 0) is 41.3 Å². The smallest absolute Gasteiger partial charge is 0.416 e. The minimum atomic E-state index is -4.45. The first-order valence-electron chi connectivity index (χ1n) is 9.14. The quantitative estimate of drug-likeness (QED) is 0.500. The number of benzene rings is 2. The third-order valence-electron chi connectivity index (χ3n) is 4.54. The minimum Gasteiger partial charge on any atom is -0.467 e. The van der Waals surface area contributed by atoms with Gasteiger partial charge < -0.3 is 10.5 Å². The molecule has 5 nitrogen and oxygen atoms in total. The molecule has 3 aromatic rings. The van der Waals surface area contributed by atoms with Crippen molar-refractivity contribution in [1.82, 2.24) is 15.0 Å². The van der Waals surface area contributed by atoms with Crippen molar-refractivity contribution in [2.45, 2.75) is 32.5 Å².